The van der Waals surface area contributed by atoms with E-state index in [4.69, 9.17) is 4.52 Å². The maximum Gasteiger partial charge on any atom is 0.172 e. The Labute approximate surface area is 77.9 Å². The molecule has 0 spiro atoms. The molecule has 1 N–H and O–H groups in total. The van der Waals surface area contributed by atoms with Crippen LogP contribution in [-0.2, 0) is 6.54 Å². The lowest BCUT2D eigenvalue weighted by Gasteiger charge is -2.11. The summed E-state index contributed by atoms with van der Waals surface area (Å²) in [6.45, 7) is 2.98. The molecule has 1 fully saturated rings. The van der Waals surface area contributed by atoms with E-state index in [9.17, 15) is 0 Å². The second kappa shape index (κ2) is 3.79. The van der Waals surface area contributed by atoms with Gasteiger partial charge in [-0.1, -0.05) is 5.16 Å². The average molecular weight is 181 g/mol. The lowest BCUT2D eigenvalue weighted by molar-refractivity contribution is 0.377. The van der Waals surface area contributed by atoms with Gasteiger partial charge in [-0.05, 0) is 19.9 Å². The van der Waals surface area contributed by atoms with Gasteiger partial charge in [0.25, 0.3) is 0 Å². The van der Waals surface area contributed by atoms with Gasteiger partial charge in [-0.3, -0.25) is 0 Å². The normalized spacial score (nSPS) is 16.8. The molecule has 4 nitrogen and oxygen atoms in total. The first kappa shape index (κ1) is 8.56. The van der Waals surface area contributed by atoms with Crippen LogP contribution in [0, 0.1) is 0 Å². The van der Waals surface area contributed by atoms with Crippen LogP contribution in [-0.4, -0.2) is 25.3 Å². The topological polar surface area (TPSA) is 41.3 Å². The number of rotatable bonds is 3. The molecule has 4 heteroatoms. The van der Waals surface area contributed by atoms with E-state index in [1.165, 1.54) is 12.8 Å². The quantitative estimate of drug-likeness (QED) is 0.755. The maximum absolute atomic E-state index is 5.16. The molecule has 0 atom stereocenters. The molecular weight excluding hydrogens is 166 g/mol. The Hall–Kier alpha value is -1.03. The number of hydrogen-bond acceptors (Lipinski definition) is 4. The van der Waals surface area contributed by atoms with Crippen molar-refractivity contribution in [2.75, 3.05) is 25.0 Å². The van der Waals surface area contributed by atoms with Gasteiger partial charge in [-0.15, -0.1) is 0 Å². The van der Waals surface area contributed by atoms with Crippen LogP contribution in [0.5, 0.6) is 0 Å². The zero-order chi connectivity index (χ0) is 9.10. The van der Waals surface area contributed by atoms with Crippen LogP contribution in [0.25, 0.3) is 0 Å². The van der Waals surface area contributed by atoms with Crippen LogP contribution in [0.1, 0.15) is 18.6 Å². The zero-order valence-corrected chi connectivity index (χ0v) is 7.92. The molecule has 0 radical (unpaired) electrons. The highest BCUT2D eigenvalue weighted by Gasteiger charge is 2.15. The van der Waals surface area contributed by atoms with E-state index in [0.717, 1.165) is 31.2 Å². The highest BCUT2D eigenvalue weighted by Crippen LogP contribution is 2.19. The van der Waals surface area contributed by atoms with Crippen molar-refractivity contribution in [2.45, 2.75) is 19.4 Å². The van der Waals surface area contributed by atoms with Crippen molar-refractivity contribution in [2.24, 2.45) is 0 Å². The molecule has 0 saturated carbocycles. The molecule has 0 amide bonds. The third-order valence-electron chi connectivity index (χ3n) is 2.33. The van der Waals surface area contributed by atoms with Crippen LogP contribution in [0.3, 0.4) is 0 Å². The van der Waals surface area contributed by atoms with Gasteiger partial charge in [-0.2, -0.15) is 0 Å². The van der Waals surface area contributed by atoms with Crippen molar-refractivity contribution in [1.29, 1.82) is 0 Å². The smallest absolute Gasteiger partial charge is 0.172 e. The Morgan fingerprint density at radius 2 is 2.31 bits per heavy atom. The number of anilines is 1. The summed E-state index contributed by atoms with van der Waals surface area (Å²) in [5.74, 6) is 1.90. The predicted molar refractivity (Wildman–Crippen MR) is 50.7 cm³/mol. The molecule has 0 unspecified atom stereocenters. The van der Waals surface area contributed by atoms with Crippen LogP contribution < -0.4 is 10.2 Å². The van der Waals surface area contributed by atoms with Crippen molar-refractivity contribution in [3.05, 3.63) is 11.8 Å². The minimum absolute atomic E-state index is 0.751. The van der Waals surface area contributed by atoms with E-state index in [2.05, 4.69) is 15.4 Å². The van der Waals surface area contributed by atoms with Crippen molar-refractivity contribution in [1.82, 2.24) is 10.5 Å². The summed E-state index contributed by atoms with van der Waals surface area (Å²) in [5, 5.41) is 7.06. The Bertz CT molecular complexity index is 266. The molecule has 0 bridgehead atoms. The fraction of sp³-hybridized carbons (Fsp3) is 0.667. The van der Waals surface area contributed by atoms with E-state index < -0.39 is 0 Å². The van der Waals surface area contributed by atoms with Crippen molar-refractivity contribution in [3.63, 3.8) is 0 Å². The minimum atomic E-state index is 0.751. The van der Waals surface area contributed by atoms with Gasteiger partial charge in [0.1, 0.15) is 0 Å². The Morgan fingerprint density at radius 1 is 1.54 bits per heavy atom. The van der Waals surface area contributed by atoms with Crippen LogP contribution in [0.2, 0.25) is 0 Å². The van der Waals surface area contributed by atoms with Crippen molar-refractivity contribution < 1.29 is 4.52 Å². The Balaban J connectivity index is 2.03. The largest absolute Gasteiger partial charge is 0.358 e. The van der Waals surface area contributed by atoms with Gasteiger partial charge >= 0.3 is 0 Å². The van der Waals surface area contributed by atoms with E-state index in [1.54, 1.807) is 0 Å². The fourth-order valence-corrected chi connectivity index (χ4v) is 1.65. The maximum atomic E-state index is 5.16. The van der Waals surface area contributed by atoms with Gasteiger partial charge in [0.15, 0.2) is 11.6 Å². The molecule has 72 valence electrons. The van der Waals surface area contributed by atoms with Gasteiger partial charge < -0.3 is 14.7 Å². The van der Waals surface area contributed by atoms with Crippen LogP contribution in [0.15, 0.2) is 10.6 Å². The molecule has 1 aliphatic rings. The number of aromatic nitrogens is 1. The van der Waals surface area contributed by atoms with E-state index >= 15 is 0 Å². The average Bonchev–Trinajstić information content (AvgIpc) is 2.70. The monoisotopic (exact) mass is 181 g/mol. The lowest BCUT2D eigenvalue weighted by Crippen LogP contribution is -2.17. The molecule has 1 aromatic heterocycles. The zero-order valence-electron chi connectivity index (χ0n) is 7.92. The van der Waals surface area contributed by atoms with Gasteiger partial charge in [-0.25, -0.2) is 0 Å². The Morgan fingerprint density at radius 3 is 3.00 bits per heavy atom. The Kier molecular flexibility index (Phi) is 2.49. The van der Waals surface area contributed by atoms with E-state index in [-0.39, 0.29) is 0 Å². The molecule has 0 aromatic carbocycles. The predicted octanol–water partition coefficient (Wildman–Crippen LogP) is 0.994. The molecule has 2 rings (SSSR count). The first-order chi connectivity index (χ1) is 6.40. The van der Waals surface area contributed by atoms with Gasteiger partial charge in [0, 0.05) is 19.2 Å². The van der Waals surface area contributed by atoms with Crippen molar-refractivity contribution in [3.8, 4) is 0 Å². The molecule has 0 aliphatic carbocycles. The minimum Gasteiger partial charge on any atom is -0.358 e. The molecule has 13 heavy (non-hydrogen) atoms. The molecule has 1 aliphatic heterocycles. The summed E-state index contributed by atoms with van der Waals surface area (Å²) in [6, 6.07) is 2.02. The summed E-state index contributed by atoms with van der Waals surface area (Å²) < 4.78 is 5.16. The van der Waals surface area contributed by atoms with Crippen LogP contribution in [0.4, 0.5) is 5.82 Å². The van der Waals surface area contributed by atoms with Crippen molar-refractivity contribution >= 4 is 5.82 Å². The second-order valence-corrected chi connectivity index (χ2v) is 3.38. The standard InChI is InChI=1S/C9H15N3O/c1-10-7-8-6-9(11-13-8)12-4-2-3-5-12/h6,10H,2-5,7H2,1H3. The fourth-order valence-electron chi connectivity index (χ4n) is 1.65. The third-order valence-corrected chi connectivity index (χ3v) is 2.33. The first-order valence-corrected chi connectivity index (χ1v) is 4.75. The van der Waals surface area contributed by atoms with E-state index in [0.29, 0.717) is 0 Å². The molecular formula is C9H15N3O. The second-order valence-electron chi connectivity index (χ2n) is 3.38. The molecule has 2 heterocycles. The highest BCUT2D eigenvalue weighted by atomic mass is 16.5. The number of nitrogens with zero attached hydrogens (tertiary/aromatic N) is 2. The van der Waals surface area contributed by atoms with Crippen LogP contribution >= 0.6 is 0 Å². The summed E-state index contributed by atoms with van der Waals surface area (Å²) in [6.07, 6.45) is 2.54. The lowest BCUT2D eigenvalue weighted by atomic mass is 10.4. The summed E-state index contributed by atoms with van der Waals surface area (Å²) in [7, 11) is 1.90. The highest BCUT2D eigenvalue weighted by molar-refractivity contribution is 5.38. The molecule has 1 aromatic rings. The van der Waals surface area contributed by atoms with Gasteiger partial charge in [0.2, 0.25) is 0 Å². The molecule has 1 saturated heterocycles. The SMILES string of the molecule is CNCc1cc(N2CCCC2)no1. The van der Waals surface area contributed by atoms with Gasteiger partial charge in [0.05, 0.1) is 6.54 Å². The number of nitrogens with one attached hydrogen (secondary N) is 1. The summed E-state index contributed by atoms with van der Waals surface area (Å²) in [5.41, 5.74) is 0. The first-order valence-electron chi connectivity index (χ1n) is 4.75. The summed E-state index contributed by atoms with van der Waals surface area (Å²) >= 11 is 0. The third kappa shape index (κ3) is 1.83. The summed E-state index contributed by atoms with van der Waals surface area (Å²) in [4.78, 5) is 2.27. The number of hydrogen-bond donors (Lipinski definition) is 1. The van der Waals surface area contributed by atoms with E-state index in [1.807, 2.05) is 13.1 Å².